The Balaban J connectivity index is 2.47. The van der Waals surface area contributed by atoms with Crippen LogP contribution in [0.5, 0.6) is 0 Å². The minimum Gasteiger partial charge on any atom is -0.459 e. The lowest BCUT2D eigenvalue weighted by Gasteiger charge is -2.23. The highest BCUT2D eigenvalue weighted by atomic mass is 16.6. The first-order chi connectivity index (χ1) is 9.21. The predicted octanol–water partition coefficient (Wildman–Crippen LogP) is 3.77. The van der Waals surface area contributed by atoms with Crippen LogP contribution in [-0.2, 0) is 14.9 Å². The summed E-state index contributed by atoms with van der Waals surface area (Å²) in [6.07, 6.45) is 2.61. The molecule has 1 aromatic carbocycles. The second-order valence-electron chi connectivity index (χ2n) is 6.56. The number of hydrogen-bond donors (Lipinski definition) is 0. The molecule has 0 aliphatic rings. The molecule has 0 atom stereocenters. The summed E-state index contributed by atoms with van der Waals surface area (Å²) in [6, 6.07) is 10.3. The molecule has 110 valence electrons. The molecule has 0 N–H and O–H groups in total. The van der Waals surface area contributed by atoms with Crippen molar-refractivity contribution in [2.45, 2.75) is 52.1 Å². The topological polar surface area (TPSA) is 38.7 Å². The van der Waals surface area contributed by atoms with Crippen molar-refractivity contribution in [3.05, 3.63) is 35.9 Å². The van der Waals surface area contributed by atoms with Gasteiger partial charge >= 0.3 is 5.97 Å². The Morgan fingerprint density at radius 1 is 1.15 bits per heavy atom. The first-order valence-corrected chi connectivity index (χ1v) is 6.96. The van der Waals surface area contributed by atoms with Crippen molar-refractivity contribution in [3.8, 4) is 0 Å². The first kappa shape index (κ1) is 16.4. The number of carbonyl (C=O) groups is 1. The molecule has 0 radical (unpaired) electrons. The fourth-order valence-corrected chi connectivity index (χ4v) is 1.81. The molecule has 0 amide bonds. The third kappa shape index (κ3) is 6.00. The van der Waals surface area contributed by atoms with Gasteiger partial charge in [-0.05, 0) is 38.2 Å². The van der Waals surface area contributed by atoms with E-state index in [2.05, 4.69) is 31.0 Å². The predicted molar refractivity (Wildman–Crippen MR) is 83.3 cm³/mol. The van der Waals surface area contributed by atoms with E-state index in [4.69, 9.17) is 4.74 Å². The molecule has 1 aromatic rings. The number of rotatable bonds is 5. The highest BCUT2D eigenvalue weighted by Crippen LogP contribution is 2.25. The molecule has 0 spiro atoms. The van der Waals surface area contributed by atoms with Gasteiger partial charge in [-0.15, -0.1) is 0 Å². The zero-order chi connectivity index (χ0) is 15.2. The SMILES string of the molecule is CC(C)(C)OC(=O)CN=CCC(C)(C)c1ccccc1. The van der Waals surface area contributed by atoms with Crippen molar-refractivity contribution in [1.29, 1.82) is 0 Å². The summed E-state index contributed by atoms with van der Waals surface area (Å²) in [7, 11) is 0. The smallest absolute Gasteiger partial charge is 0.328 e. The van der Waals surface area contributed by atoms with Crippen molar-refractivity contribution in [2.24, 2.45) is 4.99 Å². The van der Waals surface area contributed by atoms with E-state index in [0.717, 1.165) is 6.42 Å². The largest absolute Gasteiger partial charge is 0.459 e. The molecule has 0 unspecified atom stereocenters. The van der Waals surface area contributed by atoms with Crippen molar-refractivity contribution in [1.82, 2.24) is 0 Å². The van der Waals surface area contributed by atoms with E-state index in [1.807, 2.05) is 45.2 Å². The number of benzene rings is 1. The summed E-state index contributed by atoms with van der Waals surface area (Å²) < 4.78 is 5.20. The molecule has 0 bridgehead atoms. The van der Waals surface area contributed by atoms with Gasteiger partial charge in [0.15, 0.2) is 0 Å². The molecule has 0 saturated carbocycles. The number of ether oxygens (including phenoxy) is 1. The van der Waals surface area contributed by atoms with Crippen LogP contribution >= 0.6 is 0 Å². The van der Waals surface area contributed by atoms with Gasteiger partial charge in [0.25, 0.3) is 0 Å². The summed E-state index contributed by atoms with van der Waals surface area (Å²) in [5.41, 5.74) is 0.831. The molecule has 3 heteroatoms. The molecular weight excluding hydrogens is 250 g/mol. The minimum atomic E-state index is -0.448. The van der Waals surface area contributed by atoms with Gasteiger partial charge in [-0.3, -0.25) is 9.79 Å². The van der Waals surface area contributed by atoms with Crippen molar-refractivity contribution in [3.63, 3.8) is 0 Å². The Hall–Kier alpha value is -1.64. The average molecular weight is 275 g/mol. The normalized spacial score (nSPS) is 12.7. The molecule has 3 nitrogen and oxygen atoms in total. The molecule has 1 rings (SSSR count). The van der Waals surface area contributed by atoms with Crippen LogP contribution in [0.4, 0.5) is 0 Å². The maximum atomic E-state index is 11.5. The lowest BCUT2D eigenvalue weighted by Crippen LogP contribution is -2.25. The van der Waals surface area contributed by atoms with E-state index in [9.17, 15) is 4.79 Å². The van der Waals surface area contributed by atoms with Crippen LogP contribution in [0.3, 0.4) is 0 Å². The van der Waals surface area contributed by atoms with Gasteiger partial charge in [0.1, 0.15) is 12.1 Å². The quantitative estimate of drug-likeness (QED) is 0.606. The van der Waals surface area contributed by atoms with Crippen LogP contribution < -0.4 is 0 Å². The number of carbonyl (C=O) groups excluding carboxylic acids is 1. The fraction of sp³-hybridized carbons (Fsp3) is 0.529. The van der Waals surface area contributed by atoms with Gasteiger partial charge in [-0.2, -0.15) is 0 Å². The van der Waals surface area contributed by atoms with Crippen molar-refractivity contribution >= 4 is 12.2 Å². The Morgan fingerprint density at radius 3 is 2.30 bits per heavy atom. The maximum Gasteiger partial charge on any atom is 0.328 e. The van der Waals surface area contributed by atoms with Gasteiger partial charge in [0.05, 0.1) is 0 Å². The maximum absolute atomic E-state index is 11.5. The molecule has 20 heavy (non-hydrogen) atoms. The van der Waals surface area contributed by atoms with Gasteiger partial charge in [0.2, 0.25) is 0 Å². The molecule has 0 saturated heterocycles. The highest BCUT2D eigenvalue weighted by Gasteiger charge is 2.19. The standard InChI is InChI=1S/C17H25NO2/c1-16(2,3)20-15(19)13-18-12-11-17(4,5)14-9-7-6-8-10-14/h6-10,12H,11,13H2,1-5H3. The monoisotopic (exact) mass is 275 g/mol. The zero-order valence-corrected chi connectivity index (χ0v) is 13.1. The number of aliphatic imine (C=N–C) groups is 1. The van der Waals surface area contributed by atoms with Crippen molar-refractivity contribution < 1.29 is 9.53 Å². The van der Waals surface area contributed by atoms with Crippen molar-refractivity contribution in [2.75, 3.05) is 6.54 Å². The Bertz CT molecular complexity index is 456. The summed E-state index contributed by atoms with van der Waals surface area (Å²) in [5.74, 6) is -0.286. The number of nitrogens with zero attached hydrogens (tertiary/aromatic N) is 1. The second kappa shape index (κ2) is 6.69. The Labute approximate surface area is 122 Å². The lowest BCUT2D eigenvalue weighted by molar-refractivity contribution is -0.152. The molecule has 0 aliphatic heterocycles. The van der Waals surface area contributed by atoms with E-state index in [1.54, 1.807) is 0 Å². The van der Waals surface area contributed by atoms with Crippen LogP contribution in [0.2, 0.25) is 0 Å². The molecule has 0 aliphatic carbocycles. The second-order valence-corrected chi connectivity index (χ2v) is 6.56. The first-order valence-electron chi connectivity index (χ1n) is 6.96. The number of hydrogen-bond acceptors (Lipinski definition) is 3. The van der Waals surface area contributed by atoms with E-state index in [0.29, 0.717) is 0 Å². The van der Waals surface area contributed by atoms with Crippen LogP contribution in [0.25, 0.3) is 0 Å². The summed E-state index contributed by atoms with van der Waals surface area (Å²) in [6.45, 7) is 9.99. The lowest BCUT2D eigenvalue weighted by atomic mass is 9.82. The Kier molecular flexibility index (Phi) is 5.49. The van der Waals surface area contributed by atoms with E-state index in [1.165, 1.54) is 5.56 Å². The molecule has 0 aromatic heterocycles. The minimum absolute atomic E-state index is 0.0126. The fourth-order valence-electron chi connectivity index (χ4n) is 1.81. The van der Waals surface area contributed by atoms with Crippen LogP contribution in [-0.4, -0.2) is 24.3 Å². The van der Waals surface area contributed by atoms with E-state index in [-0.39, 0.29) is 17.9 Å². The van der Waals surface area contributed by atoms with Crippen LogP contribution in [0.15, 0.2) is 35.3 Å². The van der Waals surface area contributed by atoms with Gasteiger partial charge in [0, 0.05) is 6.21 Å². The summed E-state index contributed by atoms with van der Waals surface area (Å²) >= 11 is 0. The van der Waals surface area contributed by atoms with Crippen LogP contribution in [0, 0.1) is 0 Å². The van der Waals surface area contributed by atoms with Crippen LogP contribution in [0.1, 0.15) is 46.6 Å². The number of esters is 1. The third-order valence-electron chi connectivity index (χ3n) is 2.93. The van der Waals surface area contributed by atoms with Gasteiger partial charge in [-0.25, -0.2) is 0 Å². The van der Waals surface area contributed by atoms with E-state index < -0.39 is 5.60 Å². The highest BCUT2D eigenvalue weighted by molar-refractivity contribution is 5.74. The molecular formula is C17H25NO2. The third-order valence-corrected chi connectivity index (χ3v) is 2.93. The summed E-state index contributed by atoms with van der Waals surface area (Å²) in [5, 5.41) is 0. The zero-order valence-electron chi connectivity index (χ0n) is 13.1. The Morgan fingerprint density at radius 2 is 1.75 bits per heavy atom. The molecule has 0 heterocycles. The van der Waals surface area contributed by atoms with E-state index >= 15 is 0 Å². The average Bonchev–Trinajstić information content (AvgIpc) is 2.34. The molecule has 0 fully saturated rings. The summed E-state index contributed by atoms with van der Waals surface area (Å²) in [4.78, 5) is 15.7. The van der Waals surface area contributed by atoms with Gasteiger partial charge < -0.3 is 4.74 Å². The van der Waals surface area contributed by atoms with Gasteiger partial charge in [-0.1, -0.05) is 44.2 Å².